The lowest BCUT2D eigenvalue weighted by Crippen LogP contribution is -2.16. The zero-order chi connectivity index (χ0) is 12.1. The van der Waals surface area contributed by atoms with E-state index in [4.69, 9.17) is 9.15 Å². The van der Waals surface area contributed by atoms with Gasteiger partial charge in [0.05, 0.1) is 12.3 Å². The van der Waals surface area contributed by atoms with E-state index in [1.807, 2.05) is 6.20 Å². The Morgan fingerprint density at radius 3 is 3.12 bits per heavy atom. The summed E-state index contributed by atoms with van der Waals surface area (Å²) in [6.07, 6.45) is 5.14. The van der Waals surface area contributed by atoms with Gasteiger partial charge in [-0.15, -0.1) is 0 Å². The molecule has 1 aromatic heterocycles. The van der Waals surface area contributed by atoms with E-state index in [1.165, 1.54) is 0 Å². The summed E-state index contributed by atoms with van der Waals surface area (Å²) >= 11 is 0. The van der Waals surface area contributed by atoms with Crippen LogP contribution in [-0.4, -0.2) is 30.8 Å². The second-order valence-corrected chi connectivity index (χ2v) is 4.47. The SMILES string of the molecule is CCNCCc1ncc(C2CCOC2CC)o1. The fraction of sp³-hybridized carbons (Fsp3) is 0.769. The highest BCUT2D eigenvalue weighted by atomic mass is 16.5. The number of aromatic nitrogens is 1. The standard InChI is InChI=1S/C13H22N2O2/c1-3-11-10(6-8-16-11)12-9-15-13(17-12)5-7-14-4-2/h9-11,14H,3-8H2,1-2H3. The maximum absolute atomic E-state index is 5.82. The Morgan fingerprint density at radius 2 is 2.35 bits per heavy atom. The van der Waals surface area contributed by atoms with Crippen LogP contribution in [0, 0.1) is 0 Å². The number of nitrogens with zero attached hydrogens (tertiary/aromatic N) is 1. The van der Waals surface area contributed by atoms with Gasteiger partial charge in [0.2, 0.25) is 0 Å². The highest BCUT2D eigenvalue weighted by Gasteiger charge is 2.30. The number of hydrogen-bond acceptors (Lipinski definition) is 4. The maximum atomic E-state index is 5.82. The first-order chi connectivity index (χ1) is 8.35. The molecule has 2 atom stereocenters. The molecule has 0 saturated carbocycles. The van der Waals surface area contributed by atoms with Crippen LogP contribution in [-0.2, 0) is 11.2 Å². The van der Waals surface area contributed by atoms with Crippen LogP contribution in [0.3, 0.4) is 0 Å². The van der Waals surface area contributed by atoms with Gasteiger partial charge in [-0.3, -0.25) is 0 Å². The average molecular weight is 238 g/mol. The summed E-state index contributed by atoms with van der Waals surface area (Å²) in [5, 5.41) is 3.27. The van der Waals surface area contributed by atoms with Gasteiger partial charge in [-0.25, -0.2) is 4.98 Å². The van der Waals surface area contributed by atoms with E-state index >= 15 is 0 Å². The molecule has 1 aromatic rings. The number of nitrogens with one attached hydrogen (secondary N) is 1. The lowest BCUT2D eigenvalue weighted by atomic mass is 9.97. The van der Waals surface area contributed by atoms with Crippen LogP contribution in [0.5, 0.6) is 0 Å². The first-order valence-electron chi connectivity index (χ1n) is 6.62. The Kier molecular flexibility index (Phi) is 4.57. The van der Waals surface area contributed by atoms with Crippen molar-refractivity contribution >= 4 is 0 Å². The van der Waals surface area contributed by atoms with Crippen molar-refractivity contribution in [2.24, 2.45) is 0 Å². The molecule has 1 fully saturated rings. The maximum Gasteiger partial charge on any atom is 0.195 e. The smallest absolute Gasteiger partial charge is 0.195 e. The molecule has 0 radical (unpaired) electrons. The van der Waals surface area contributed by atoms with Crippen LogP contribution < -0.4 is 5.32 Å². The van der Waals surface area contributed by atoms with E-state index in [1.54, 1.807) is 0 Å². The van der Waals surface area contributed by atoms with Gasteiger partial charge in [0.1, 0.15) is 5.76 Å². The van der Waals surface area contributed by atoms with Crippen LogP contribution in [0.4, 0.5) is 0 Å². The summed E-state index contributed by atoms with van der Waals surface area (Å²) in [7, 11) is 0. The molecule has 1 N–H and O–H groups in total. The Labute approximate surface area is 103 Å². The third-order valence-corrected chi connectivity index (χ3v) is 3.31. The number of hydrogen-bond donors (Lipinski definition) is 1. The van der Waals surface area contributed by atoms with Gasteiger partial charge in [0.15, 0.2) is 5.89 Å². The van der Waals surface area contributed by atoms with E-state index in [9.17, 15) is 0 Å². The summed E-state index contributed by atoms with van der Waals surface area (Å²) in [5.41, 5.74) is 0. The zero-order valence-electron chi connectivity index (χ0n) is 10.7. The lowest BCUT2D eigenvalue weighted by Gasteiger charge is -2.13. The molecule has 2 unspecified atom stereocenters. The van der Waals surface area contributed by atoms with Crippen molar-refractivity contribution in [1.82, 2.24) is 10.3 Å². The van der Waals surface area contributed by atoms with Crippen molar-refractivity contribution in [3.05, 3.63) is 17.8 Å². The number of likely N-dealkylation sites (N-methyl/N-ethyl adjacent to an activating group) is 1. The highest BCUT2D eigenvalue weighted by molar-refractivity contribution is 5.06. The van der Waals surface area contributed by atoms with Gasteiger partial charge in [-0.05, 0) is 19.4 Å². The quantitative estimate of drug-likeness (QED) is 0.771. The molecule has 96 valence electrons. The van der Waals surface area contributed by atoms with E-state index < -0.39 is 0 Å². The summed E-state index contributed by atoms with van der Waals surface area (Å²) in [6.45, 7) is 7.02. The lowest BCUT2D eigenvalue weighted by molar-refractivity contribution is 0.0971. The molecule has 1 aliphatic heterocycles. The predicted molar refractivity (Wildman–Crippen MR) is 66.1 cm³/mol. The Hall–Kier alpha value is -0.870. The Bertz CT molecular complexity index is 338. The fourth-order valence-corrected chi connectivity index (χ4v) is 2.36. The normalized spacial score (nSPS) is 24.4. The molecule has 2 heterocycles. The molecule has 0 aliphatic carbocycles. The molecule has 4 heteroatoms. The largest absolute Gasteiger partial charge is 0.445 e. The summed E-state index contributed by atoms with van der Waals surface area (Å²) in [5.74, 6) is 2.24. The number of oxazole rings is 1. The molecule has 4 nitrogen and oxygen atoms in total. The third-order valence-electron chi connectivity index (χ3n) is 3.31. The Morgan fingerprint density at radius 1 is 1.47 bits per heavy atom. The molecule has 0 bridgehead atoms. The first-order valence-corrected chi connectivity index (χ1v) is 6.62. The van der Waals surface area contributed by atoms with E-state index in [-0.39, 0.29) is 0 Å². The van der Waals surface area contributed by atoms with Gasteiger partial charge < -0.3 is 14.5 Å². The minimum Gasteiger partial charge on any atom is -0.445 e. The van der Waals surface area contributed by atoms with Crippen molar-refractivity contribution < 1.29 is 9.15 Å². The van der Waals surface area contributed by atoms with Gasteiger partial charge in [0.25, 0.3) is 0 Å². The van der Waals surface area contributed by atoms with E-state index in [0.29, 0.717) is 12.0 Å². The monoisotopic (exact) mass is 238 g/mol. The van der Waals surface area contributed by atoms with Crippen LogP contribution in [0.1, 0.15) is 44.3 Å². The molecule has 1 saturated heterocycles. The molecule has 1 aliphatic rings. The summed E-state index contributed by atoms with van der Waals surface area (Å²) < 4.78 is 11.5. The highest BCUT2D eigenvalue weighted by Crippen LogP contribution is 2.33. The number of rotatable bonds is 6. The van der Waals surface area contributed by atoms with Crippen LogP contribution in [0.15, 0.2) is 10.6 Å². The van der Waals surface area contributed by atoms with E-state index in [0.717, 1.165) is 50.6 Å². The van der Waals surface area contributed by atoms with Gasteiger partial charge >= 0.3 is 0 Å². The zero-order valence-corrected chi connectivity index (χ0v) is 10.7. The van der Waals surface area contributed by atoms with Crippen LogP contribution in [0.2, 0.25) is 0 Å². The fourth-order valence-electron chi connectivity index (χ4n) is 2.36. The molecule has 0 amide bonds. The Balaban J connectivity index is 1.93. The third kappa shape index (κ3) is 3.07. The molecular weight excluding hydrogens is 216 g/mol. The van der Waals surface area contributed by atoms with Crippen LogP contribution in [0.25, 0.3) is 0 Å². The van der Waals surface area contributed by atoms with Gasteiger partial charge in [-0.2, -0.15) is 0 Å². The van der Waals surface area contributed by atoms with Gasteiger partial charge in [-0.1, -0.05) is 13.8 Å². The second-order valence-electron chi connectivity index (χ2n) is 4.47. The average Bonchev–Trinajstić information content (AvgIpc) is 2.96. The van der Waals surface area contributed by atoms with Gasteiger partial charge in [0, 0.05) is 25.5 Å². The van der Waals surface area contributed by atoms with Crippen molar-refractivity contribution in [2.45, 2.75) is 45.1 Å². The molecule has 17 heavy (non-hydrogen) atoms. The minimum absolute atomic E-state index is 0.310. The summed E-state index contributed by atoms with van der Waals surface area (Å²) in [6, 6.07) is 0. The van der Waals surface area contributed by atoms with Crippen molar-refractivity contribution in [3.8, 4) is 0 Å². The molecule has 0 aromatic carbocycles. The molecule has 0 spiro atoms. The molecule has 2 rings (SSSR count). The number of ether oxygens (including phenoxy) is 1. The topological polar surface area (TPSA) is 47.3 Å². The van der Waals surface area contributed by atoms with Crippen LogP contribution >= 0.6 is 0 Å². The first kappa shape index (κ1) is 12.6. The second kappa shape index (κ2) is 6.17. The van der Waals surface area contributed by atoms with E-state index in [2.05, 4.69) is 24.1 Å². The van der Waals surface area contributed by atoms with Crippen molar-refractivity contribution in [2.75, 3.05) is 19.7 Å². The van der Waals surface area contributed by atoms with Crippen molar-refractivity contribution in [1.29, 1.82) is 0 Å². The predicted octanol–water partition coefficient (Wildman–Crippen LogP) is 2.11. The minimum atomic E-state index is 0.310. The summed E-state index contributed by atoms with van der Waals surface area (Å²) in [4.78, 5) is 4.34. The molecular formula is C13H22N2O2. The van der Waals surface area contributed by atoms with Crippen molar-refractivity contribution in [3.63, 3.8) is 0 Å².